The second-order valence-electron chi connectivity index (χ2n) is 9.87. The standard InChI is InChI=1S/C27H24F2N6O2/c28-15-6-7-17(20(29)11-15)24-25-19(27(36)35-9-2-5-22(35)32-25)12-23(33-24)34-10-8-16(13-34)37-26-18-3-1-4-21(18)30-14-31-26/h6-7,11-12,14,16H,1-5,8-10,13H2/t16-/m1/s1. The van der Waals surface area contributed by atoms with Crippen molar-refractivity contribution in [2.75, 3.05) is 18.0 Å². The predicted octanol–water partition coefficient (Wildman–Crippen LogP) is 3.62. The molecule has 0 N–H and O–H groups in total. The fraction of sp³-hybridized carbons (Fsp3) is 0.370. The Morgan fingerprint density at radius 3 is 2.81 bits per heavy atom. The summed E-state index contributed by atoms with van der Waals surface area (Å²) in [6, 6.07) is 5.12. The topological polar surface area (TPSA) is 86.0 Å². The van der Waals surface area contributed by atoms with E-state index in [1.54, 1.807) is 17.0 Å². The van der Waals surface area contributed by atoms with Crippen LogP contribution >= 0.6 is 0 Å². The third kappa shape index (κ3) is 3.73. The normalized spacial score (nSPS) is 18.4. The molecule has 0 amide bonds. The molecule has 1 aliphatic carbocycles. The Morgan fingerprint density at radius 2 is 1.92 bits per heavy atom. The predicted molar refractivity (Wildman–Crippen MR) is 133 cm³/mol. The molecule has 10 heteroatoms. The van der Waals surface area contributed by atoms with Crippen LogP contribution in [0.5, 0.6) is 5.88 Å². The van der Waals surface area contributed by atoms with Gasteiger partial charge in [0.25, 0.3) is 5.56 Å². The van der Waals surface area contributed by atoms with Crippen LogP contribution in [0.1, 0.15) is 36.3 Å². The van der Waals surface area contributed by atoms with E-state index in [1.807, 2.05) is 4.90 Å². The molecule has 8 nitrogen and oxygen atoms in total. The first kappa shape index (κ1) is 22.3. The van der Waals surface area contributed by atoms with E-state index in [0.29, 0.717) is 54.5 Å². The van der Waals surface area contributed by atoms with E-state index in [2.05, 4.69) is 9.97 Å². The highest BCUT2D eigenvalue weighted by atomic mass is 19.1. The van der Waals surface area contributed by atoms with E-state index in [4.69, 9.17) is 14.7 Å². The number of aryl methyl sites for hydroxylation is 2. The maximum absolute atomic E-state index is 14.9. The third-order valence-electron chi connectivity index (χ3n) is 7.56. The quantitative estimate of drug-likeness (QED) is 0.421. The average molecular weight is 503 g/mol. The van der Waals surface area contributed by atoms with Crippen LogP contribution < -0.4 is 15.2 Å². The van der Waals surface area contributed by atoms with Crippen molar-refractivity contribution in [2.24, 2.45) is 0 Å². The summed E-state index contributed by atoms with van der Waals surface area (Å²) in [6.07, 6.45) is 6.62. The second-order valence-corrected chi connectivity index (χ2v) is 9.87. The van der Waals surface area contributed by atoms with Crippen LogP contribution in [-0.4, -0.2) is 43.7 Å². The number of fused-ring (bicyclic) bond motifs is 3. The molecule has 0 radical (unpaired) electrons. The monoisotopic (exact) mass is 502 g/mol. The van der Waals surface area contributed by atoms with Gasteiger partial charge < -0.3 is 9.64 Å². The summed E-state index contributed by atoms with van der Waals surface area (Å²) in [6.45, 7) is 1.81. The minimum Gasteiger partial charge on any atom is -0.472 e. The number of pyridine rings is 1. The Bertz CT molecular complexity index is 1620. The number of aromatic nitrogens is 5. The molecule has 1 saturated heterocycles. The van der Waals surface area contributed by atoms with Crippen LogP contribution in [0.25, 0.3) is 22.2 Å². The molecule has 5 heterocycles. The molecule has 1 aromatic carbocycles. The third-order valence-corrected chi connectivity index (χ3v) is 7.56. The zero-order chi connectivity index (χ0) is 25.1. The number of hydrogen-bond acceptors (Lipinski definition) is 7. The number of hydrogen-bond donors (Lipinski definition) is 0. The van der Waals surface area contributed by atoms with Gasteiger partial charge in [-0.25, -0.2) is 28.7 Å². The minimum atomic E-state index is -0.742. The summed E-state index contributed by atoms with van der Waals surface area (Å²) in [5.74, 6) is 0.443. The molecule has 0 bridgehead atoms. The smallest absolute Gasteiger partial charge is 0.261 e. The van der Waals surface area contributed by atoms with Gasteiger partial charge in [0.15, 0.2) is 0 Å². The number of halogens is 2. The summed E-state index contributed by atoms with van der Waals surface area (Å²) in [5, 5.41) is 0.382. The number of ether oxygens (including phenoxy) is 1. The summed E-state index contributed by atoms with van der Waals surface area (Å²) in [4.78, 5) is 33.7. The Hall–Kier alpha value is -3.95. The minimum absolute atomic E-state index is 0.109. The highest BCUT2D eigenvalue weighted by molar-refractivity contribution is 5.93. The zero-order valence-electron chi connectivity index (χ0n) is 20.1. The maximum atomic E-state index is 14.9. The maximum Gasteiger partial charge on any atom is 0.261 e. The van der Waals surface area contributed by atoms with Gasteiger partial charge in [0.1, 0.15) is 46.9 Å². The number of rotatable bonds is 4. The fourth-order valence-electron chi connectivity index (χ4n) is 5.72. The van der Waals surface area contributed by atoms with Gasteiger partial charge in [0, 0.05) is 43.1 Å². The van der Waals surface area contributed by atoms with Crippen LogP contribution in [-0.2, 0) is 25.8 Å². The van der Waals surface area contributed by atoms with Gasteiger partial charge in [-0.1, -0.05) is 0 Å². The molecular formula is C27H24F2N6O2. The lowest BCUT2D eigenvalue weighted by molar-refractivity contribution is 0.213. The van der Waals surface area contributed by atoms with Gasteiger partial charge in [-0.2, -0.15) is 0 Å². The number of benzene rings is 1. The van der Waals surface area contributed by atoms with Crippen molar-refractivity contribution >= 4 is 16.7 Å². The van der Waals surface area contributed by atoms with Crippen LogP contribution in [0.2, 0.25) is 0 Å². The molecule has 3 aliphatic rings. The molecule has 0 unspecified atom stereocenters. The first-order valence-electron chi connectivity index (χ1n) is 12.7. The zero-order valence-corrected chi connectivity index (χ0v) is 20.1. The summed E-state index contributed by atoms with van der Waals surface area (Å²) in [7, 11) is 0. The first-order valence-corrected chi connectivity index (χ1v) is 12.7. The van der Waals surface area contributed by atoms with Gasteiger partial charge in [-0.15, -0.1) is 0 Å². The lowest BCUT2D eigenvalue weighted by Crippen LogP contribution is -2.27. The lowest BCUT2D eigenvalue weighted by Gasteiger charge is -2.20. The van der Waals surface area contributed by atoms with Gasteiger partial charge in [0.05, 0.1) is 17.6 Å². The molecule has 2 aliphatic heterocycles. The van der Waals surface area contributed by atoms with Crippen molar-refractivity contribution in [3.8, 4) is 17.1 Å². The Kier molecular flexibility index (Phi) is 5.16. The van der Waals surface area contributed by atoms with Crippen LogP contribution in [0.3, 0.4) is 0 Å². The van der Waals surface area contributed by atoms with E-state index >= 15 is 0 Å². The molecule has 188 valence electrons. The molecule has 37 heavy (non-hydrogen) atoms. The van der Waals surface area contributed by atoms with Gasteiger partial charge in [0.2, 0.25) is 5.88 Å². The highest BCUT2D eigenvalue weighted by Crippen LogP contribution is 2.33. The largest absolute Gasteiger partial charge is 0.472 e. The van der Waals surface area contributed by atoms with Crippen molar-refractivity contribution in [3.63, 3.8) is 0 Å². The van der Waals surface area contributed by atoms with Crippen LogP contribution in [0, 0.1) is 11.6 Å². The van der Waals surface area contributed by atoms with Crippen LogP contribution in [0.4, 0.5) is 14.6 Å². The Morgan fingerprint density at radius 1 is 1.00 bits per heavy atom. The fourth-order valence-corrected chi connectivity index (χ4v) is 5.72. The lowest BCUT2D eigenvalue weighted by atomic mass is 10.1. The van der Waals surface area contributed by atoms with E-state index in [0.717, 1.165) is 49.4 Å². The van der Waals surface area contributed by atoms with E-state index in [9.17, 15) is 13.6 Å². The molecule has 0 saturated carbocycles. The first-order chi connectivity index (χ1) is 18.0. The summed E-state index contributed by atoms with van der Waals surface area (Å²) >= 11 is 0. The van der Waals surface area contributed by atoms with Crippen molar-refractivity contribution in [1.82, 2.24) is 24.5 Å². The Balaban J connectivity index is 1.28. The molecule has 0 spiro atoms. The summed E-state index contributed by atoms with van der Waals surface area (Å²) in [5.41, 5.74) is 2.70. The van der Waals surface area contributed by atoms with Crippen molar-refractivity contribution in [1.29, 1.82) is 0 Å². The SMILES string of the molecule is O=c1c2cc(N3CC[C@@H](Oc4ncnc5c4CCC5)C3)nc(-c3ccc(F)cc3F)c2nc2n1CCC2. The number of anilines is 1. The van der Waals surface area contributed by atoms with E-state index in [1.165, 1.54) is 12.1 Å². The van der Waals surface area contributed by atoms with Crippen molar-refractivity contribution < 1.29 is 13.5 Å². The van der Waals surface area contributed by atoms with Crippen molar-refractivity contribution in [2.45, 2.75) is 51.2 Å². The van der Waals surface area contributed by atoms with E-state index in [-0.39, 0.29) is 22.9 Å². The molecule has 7 rings (SSSR count). The van der Waals surface area contributed by atoms with Crippen molar-refractivity contribution in [3.05, 3.63) is 69.7 Å². The number of nitrogens with zero attached hydrogens (tertiary/aromatic N) is 6. The Labute approximate surface area is 211 Å². The summed E-state index contributed by atoms with van der Waals surface area (Å²) < 4.78 is 36.6. The molecule has 1 atom stereocenters. The molecular weight excluding hydrogens is 478 g/mol. The average Bonchev–Trinajstić information content (AvgIpc) is 3.65. The van der Waals surface area contributed by atoms with Gasteiger partial charge in [-0.05, 0) is 43.9 Å². The molecule has 1 fully saturated rings. The molecule has 4 aromatic rings. The molecule has 3 aromatic heterocycles. The highest BCUT2D eigenvalue weighted by Gasteiger charge is 2.30. The van der Waals surface area contributed by atoms with Crippen LogP contribution in [0.15, 0.2) is 35.4 Å². The van der Waals surface area contributed by atoms with E-state index < -0.39 is 11.6 Å². The van der Waals surface area contributed by atoms with Gasteiger partial charge >= 0.3 is 0 Å². The van der Waals surface area contributed by atoms with Gasteiger partial charge in [-0.3, -0.25) is 9.36 Å². The second kappa shape index (κ2) is 8.57.